The van der Waals surface area contributed by atoms with Gasteiger partial charge in [0.1, 0.15) is 13.2 Å². The fourth-order valence-corrected chi connectivity index (χ4v) is 2.49. The van der Waals surface area contributed by atoms with Gasteiger partial charge in [-0.15, -0.1) is 0 Å². The van der Waals surface area contributed by atoms with Crippen molar-refractivity contribution in [3.8, 4) is 11.5 Å². The summed E-state index contributed by atoms with van der Waals surface area (Å²) in [6.45, 7) is 5.76. The predicted molar refractivity (Wildman–Crippen MR) is 64.4 cm³/mol. The molecule has 0 fully saturated rings. The van der Waals surface area contributed by atoms with Crippen LogP contribution in [0.15, 0.2) is 6.07 Å². The first-order valence-electron chi connectivity index (χ1n) is 5.46. The lowest BCUT2D eigenvalue weighted by molar-refractivity contribution is 0.171. The van der Waals surface area contributed by atoms with Crippen LogP contribution < -0.4 is 15.2 Å². The van der Waals surface area contributed by atoms with Gasteiger partial charge >= 0.3 is 0 Å². The number of hydrogen-bond donors (Lipinski definition) is 1. The van der Waals surface area contributed by atoms with Gasteiger partial charge in [-0.25, -0.2) is 0 Å². The zero-order valence-electron chi connectivity index (χ0n) is 9.55. The van der Waals surface area contributed by atoms with Crippen molar-refractivity contribution in [1.82, 2.24) is 0 Å². The summed E-state index contributed by atoms with van der Waals surface area (Å²) in [5.41, 5.74) is 7.83. The molecule has 0 saturated heterocycles. The van der Waals surface area contributed by atoms with E-state index in [0.29, 0.717) is 42.2 Å². The second kappa shape index (κ2) is 4.52. The van der Waals surface area contributed by atoms with Gasteiger partial charge in [-0.3, -0.25) is 0 Å². The van der Waals surface area contributed by atoms with Crippen molar-refractivity contribution in [1.29, 1.82) is 0 Å². The standard InChI is InChI=1S/C12H16ClNO2/c1-7(2)10-8(6-14)5-9-12(11(10)13)16-4-3-15-9/h5,7H,3-4,6,14H2,1-2H3. The summed E-state index contributed by atoms with van der Waals surface area (Å²) in [5, 5.41) is 0.646. The molecular formula is C12H16ClNO2. The third-order valence-corrected chi connectivity index (χ3v) is 3.07. The van der Waals surface area contributed by atoms with Gasteiger partial charge in [-0.1, -0.05) is 25.4 Å². The van der Waals surface area contributed by atoms with Gasteiger partial charge in [0.2, 0.25) is 0 Å². The van der Waals surface area contributed by atoms with E-state index < -0.39 is 0 Å². The molecule has 88 valence electrons. The number of fused-ring (bicyclic) bond motifs is 1. The van der Waals surface area contributed by atoms with Crippen LogP contribution in [-0.2, 0) is 6.54 Å². The zero-order valence-corrected chi connectivity index (χ0v) is 10.3. The van der Waals surface area contributed by atoms with E-state index in [9.17, 15) is 0 Å². The van der Waals surface area contributed by atoms with Crippen LogP contribution in [0.1, 0.15) is 30.9 Å². The Bertz CT molecular complexity index is 404. The van der Waals surface area contributed by atoms with Gasteiger partial charge in [0.05, 0.1) is 5.02 Å². The Labute approximate surface area is 100 Å². The second-order valence-electron chi connectivity index (χ2n) is 4.15. The molecule has 1 aromatic carbocycles. The Morgan fingerprint density at radius 1 is 1.38 bits per heavy atom. The van der Waals surface area contributed by atoms with E-state index in [-0.39, 0.29) is 0 Å². The SMILES string of the molecule is CC(C)c1c(CN)cc2c(c1Cl)OCCO2. The number of halogens is 1. The summed E-state index contributed by atoms with van der Waals surface area (Å²) in [6, 6.07) is 1.94. The molecule has 16 heavy (non-hydrogen) atoms. The van der Waals surface area contributed by atoms with Gasteiger partial charge < -0.3 is 15.2 Å². The topological polar surface area (TPSA) is 44.5 Å². The highest BCUT2D eigenvalue weighted by Crippen LogP contribution is 2.43. The lowest BCUT2D eigenvalue weighted by Crippen LogP contribution is -2.17. The van der Waals surface area contributed by atoms with E-state index in [1.807, 2.05) is 6.07 Å². The summed E-state index contributed by atoms with van der Waals surface area (Å²) < 4.78 is 11.1. The van der Waals surface area contributed by atoms with Gasteiger partial charge in [0.15, 0.2) is 11.5 Å². The van der Waals surface area contributed by atoms with E-state index in [2.05, 4.69) is 13.8 Å². The molecule has 4 heteroatoms. The van der Waals surface area contributed by atoms with Crippen molar-refractivity contribution in [3.05, 3.63) is 22.2 Å². The number of ether oxygens (including phenoxy) is 2. The van der Waals surface area contributed by atoms with Crippen molar-refractivity contribution in [3.63, 3.8) is 0 Å². The minimum Gasteiger partial charge on any atom is -0.486 e. The average Bonchev–Trinajstić information content (AvgIpc) is 2.28. The molecule has 0 amide bonds. The normalized spacial score (nSPS) is 14.3. The van der Waals surface area contributed by atoms with E-state index in [1.165, 1.54) is 0 Å². The highest BCUT2D eigenvalue weighted by Gasteiger charge is 2.22. The predicted octanol–water partition coefficient (Wildman–Crippen LogP) is 2.69. The van der Waals surface area contributed by atoms with Crippen LogP contribution in [0.3, 0.4) is 0 Å². The minimum atomic E-state index is 0.321. The van der Waals surface area contributed by atoms with Crippen LogP contribution in [-0.4, -0.2) is 13.2 Å². The Kier molecular flexibility index (Phi) is 3.26. The Hall–Kier alpha value is -0.930. The van der Waals surface area contributed by atoms with Gasteiger partial charge in [-0.2, -0.15) is 0 Å². The molecule has 0 spiro atoms. The monoisotopic (exact) mass is 241 g/mol. The molecule has 1 aromatic rings. The molecule has 2 rings (SSSR count). The molecule has 0 unspecified atom stereocenters. The fourth-order valence-electron chi connectivity index (χ4n) is 2.00. The Morgan fingerprint density at radius 2 is 2.06 bits per heavy atom. The van der Waals surface area contributed by atoms with Crippen LogP contribution in [0, 0.1) is 0 Å². The first kappa shape index (κ1) is 11.6. The van der Waals surface area contributed by atoms with E-state index in [1.54, 1.807) is 0 Å². The van der Waals surface area contributed by atoms with Gasteiger partial charge in [0.25, 0.3) is 0 Å². The largest absolute Gasteiger partial charge is 0.486 e. The van der Waals surface area contributed by atoms with Crippen molar-refractivity contribution in [2.75, 3.05) is 13.2 Å². The smallest absolute Gasteiger partial charge is 0.180 e. The molecule has 1 aliphatic heterocycles. The molecule has 2 N–H and O–H groups in total. The van der Waals surface area contributed by atoms with Crippen molar-refractivity contribution in [2.45, 2.75) is 26.3 Å². The highest BCUT2D eigenvalue weighted by atomic mass is 35.5. The minimum absolute atomic E-state index is 0.321. The number of hydrogen-bond acceptors (Lipinski definition) is 3. The first-order chi connectivity index (χ1) is 7.65. The summed E-state index contributed by atoms with van der Waals surface area (Å²) in [6.07, 6.45) is 0. The average molecular weight is 242 g/mol. The molecule has 0 atom stereocenters. The van der Waals surface area contributed by atoms with Crippen LogP contribution in [0.5, 0.6) is 11.5 Å². The molecule has 1 aliphatic rings. The molecule has 0 saturated carbocycles. The summed E-state index contributed by atoms with van der Waals surface area (Å²) in [4.78, 5) is 0. The Balaban J connectivity index is 2.60. The van der Waals surface area contributed by atoms with Crippen LogP contribution in [0.25, 0.3) is 0 Å². The van der Waals surface area contributed by atoms with Crippen molar-refractivity contribution < 1.29 is 9.47 Å². The summed E-state index contributed by atoms with van der Waals surface area (Å²) in [5.74, 6) is 1.69. The van der Waals surface area contributed by atoms with Crippen LogP contribution >= 0.6 is 11.6 Å². The number of rotatable bonds is 2. The molecular weight excluding hydrogens is 226 g/mol. The third kappa shape index (κ3) is 1.85. The third-order valence-electron chi connectivity index (χ3n) is 2.70. The van der Waals surface area contributed by atoms with Crippen molar-refractivity contribution >= 4 is 11.6 Å². The molecule has 0 aromatic heterocycles. The molecule has 0 bridgehead atoms. The molecule has 0 aliphatic carbocycles. The molecule has 3 nitrogen and oxygen atoms in total. The maximum Gasteiger partial charge on any atom is 0.180 e. The van der Waals surface area contributed by atoms with Gasteiger partial charge in [0, 0.05) is 6.54 Å². The fraction of sp³-hybridized carbons (Fsp3) is 0.500. The van der Waals surface area contributed by atoms with E-state index in [0.717, 1.165) is 11.1 Å². The molecule has 1 heterocycles. The van der Waals surface area contributed by atoms with E-state index >= 15 is 0 Å². The molecule has 0 radical (unpaired) electrons. The number of nitrogens with two attached hydrogens (primary N) is 1. The zero-order chi connectivity index (χ0) is 11.7. The van der Waals surface area contributed by atoms with Crippen LogP contribution in [0.2, 0.25) is 5.02 Å². The lowest BCUT2D eigenvalue weighted by Gasteiger charge is -2.24. The highest BCUT2D eigenvalue weighted by molar-refractivity contribution is 6.33. The summed E-state index contributed by atoms with van der Waals surface area (Å²) >= 11 is 6.35. The van der Waals surface area contributed by atoms with E-state index in [4.69, 9.17) is 26.8 Å². The number of benzene rings is 1. The maximum absolute atomic E-state index is 6.35. The van der Waals surface area contributed by atoms with Gasteiger partial charge in [-0.05, 0) is 23.1 Å². The first-order valence-corrected chi connectivity index (χ1v) is 5.84. The second-order valence-corrected chi connectivity index (χ2v) is 4.52. The van der Waals surface area contributed by atoms with Crippen LogP contribution in [0.4, 0.5) is 0 Å². The quantitative estimate of drug-likeness (QED) is 0.866. The maximum atomic E-state index is 6.35. The Morgan fingerprint density at radius 3 is 2.69 bits per heavy atom. The summed E-state index contributed by atoms with van der Waals surface area (Å²) in [7, 11) is 0. The lowest BCUT2D eigenvalue weighted by atomic mass is 9.96. The van der Waals surface area contributed by atoms with Crippen molar-refractivity contribution in [2.24, 2.45) is 5.73 Å².